The summed E-state index contributed by atoms with van der Waals surface area (Å²) in [7, 11) is 0. The van der Waals surface area contributed by atoms with Gasteiger partial charge in [0.15, 0.2) is 0 Å². The first-order chi connectivity index (χ1) is 8.63. The Labute approximate surface area is 110 Å². The van der Waals surface area contributed by atoms with Crippen molar-refractivity contribution in [1.29, 1.82) is 0 Å². The Morgan fingerprint density at radius 3 is 2.50 bits per heavy atom. The fraction of sp³-hybridized carbons (Fsp3) is 0.625. The minimum atomic E-state index is -0.151. The van der Waals surface area contributed by atoms with Gasteiger partial charge in [0.25, 0.3) is 0 Å². The van der Waals surface area contributed by atoms with Gasteiger partial charge in [0.1, 0.15) is 5.82 Å². The van der Waals surface area contributed by atoms with Crippen molar-refractivity contribution in [1.82, 2.24) is 5.32 Å². The molecular weight excluding hydrogens is 225 g/mol. The van der Waals surface area contributed by atoms with Gasteiger partial charge in [-0.1, -0.05) is 38.8 Å². The lowest BCUT2D eigenvalue weighted by Crippen LogP contribution is -2.27. The van der Waals surface area contributed by atoms with Crippen molar-refractivity contribution in [3.8, 4) is 0 Å². The molecule has 0 aromatic heterocycles. The number of hydrogen-bond donors (Lipinski definition) is 1. The largest absolute Gasteiger partial charge is 0.309 e. The number of unbranched alkanes of at least 4 members (excludes halogenated alkanes) is 1. The molecule has 1 aromatic rings. The van der Waals surface area contributed by atoms with Gasteiger partial charge in [0.05, 0.1) is 0 Å². The van der Waals surface area contributed by atoms with Gasteiger partial charge in [-0.05, 0) is 42.4 Å². The lowest BCUT2D eigenvalue weighted by Gasteiger charge is -2.21. The highest BCUT2D eigenvalue weighted by molar-refractivity contribution is 5.20. The fourth-order valence-corrected chi connectivity index (χ4v) is 2.25. The molecule has 0 heterocycles. The minimum absolute atomic E-state index is 0.151. The number of rotatable bonds is 7. The normalized spacial score (nSPS) is 18.6. The maximum atomic E-state index is 13.0. The Morgan fingerprint density at radius 2 is 1.94 bits per heavy atom. The van der Waals surface area contributed by atoms with E-state index in [1.54, 1.807) is 12.1 Å². The molecule has 0 spiro atoms. The molecule has 1 aliphatic carbocycles. The third-order valence-corrected chi connectivity index (χ3v) is 4.00. The molecule has 1 atom stereocenters. The van der Waals surface area contributed by atoms with Gasteiger partial charge in [-0.25, -0.2) is 4.39 Å². The second-order valence-electron chi connectivity index (χ2n) is 5.94. The summed E-state index contributed by atoms with van der Waals surface area (Å²) in [5, 5.41) is 3.67. The fourth-order valence-electron chi connectivity index (χ4n) is 2.25. The Morgan fingerprint density at radius 1 is 1.28 bits per heavy atom. The zero-order chi connectivity index (χ0) is 13.0. The SMILES string of the molecule is CCCCC(NCC1(C)CC1)c1ccc(F)cc1. The standard InChI is InChI=1S/C16H24FN/c1-3-4-5-15(18-12-16(2)10-11-16)13-6-8-14(17)9-7-13/h6-9,15,18H,3-5,10-12H2,1-2H3. The quantitative estimate of drug-likeness (QED) is 0.753. The summed E-state index contributed by atoms with van der Waals surface area (Å²) in [4.78, 5) is 0. The van der Waals surface area contributed by atoms with Gasteiger partial charge in [-0.15, -0.1) is 0 Å². The van der Waals surface area contributed by atoms with Crippen LogP contribution in [0.25, 0.3) is 0 Å². The van der Waals surface area contributed by atoms with E-state index in [2.05, 4.69) is 19.2 Å². The summed E-state index contributed by atoms with van der Waals surface area (Å²) in [5.41, 5.74) is 1.74. The molecule has 0 bridgehead atoms. The maximum Gasteiger partial charge on any atom is 0.123 e. The van der Waals surface area contributed by atoms with Crippen LogP contribution >= 0.6 is 0 Å². The molecule has 100 valence electrons. The van der Waals surface area contributed by atoms with Crippen LogP contribution in [0.3, 0.4) is 0 Å². The van der Waals surface area contributed by atoms with E-state index >= 15 is 0 Å². The topological polar surface area (TPSA) is 12.0 Å². The lowest BCUT2D eigenvalue weighted by atomic mass is 10.00. The molecule has 2 rings (SSSR count). The lowest BCUT2D eigenvalue weighted by molar-refractivity contribution is 0.416. The van der Waals surface area contributed by atoms with Crippen molar-refractivity contribution < 1.29 is 4.39 Å². The van der Waals surface area contributed by atoms with Crippen LogP contribution in [0.2, 0.25) is 0 Å². The highest BCUT2D eigenvalue weighted by Crippen LogP contribution is 2.44. The first-order valence-electron chi connectivity index (χ1n) is 7.12. The third kappa shape index (κ3) is 3.81. The number of hydrogen-bond acceptors (Lipinski definition) is 1. The Hall–Kier alpha value is -0.890. The predicted molar refractivity (Wildman–Crippen MR) is 74.0 cm³/mol. The zero-order valence-corrected chi connectivity index (χ0v) is 11.5. The van der Waals surface area contributed by atoms with Crippen molar-refractivity contribution in [2.45, 2.75) is 52.0 Å². The summed E-state index contributed by atoms with van der Waals surface area (Å²) in [6.45, 7) is 5.63. The Balaban J connectivity index is 1.96. The van der Waals surface area contributed by atoms with E-state index in [-0.39, 0.29) is 5.82 Å². The highest BCUT2D eigenvalue weighted by atomic mass is 19.1. The molecule has 2 heteroatoms. The summed E-state index contributed by atoms with van der Waals surface area (Å²) in [6, 6.07) is 7.34. The second kappa shape index (κ2) is 5.83. The molecule has 18 heavy (non-hydrogen) atoms. The van der Waals surface area contributed by atoms with E-state index in [4.69, 9.17) is 0 Å². The molecule has 1 aliphatic rings. The van der Waals surface area contributed by atoms with Gasteiger partial charge in [-0.3, -0.25) is 0 Å². The van der Waals surface area contributed by atoms with Gasteiger partial charge in [-0.2, -0.15) is 0 Å². The van der Waals surface area contributed by atoms with E-state index in [0.717, 1.165) is 13.0 Å². The van der Waals surface area contributed by atoms with E-state index < -0.39 is 0 Å². The van der Waals surface area contributed by atoms with Crippen LogP contribution < -0.4 is 5.32 Å². The summed E-state index contributed by atoms with van der Waals surface area (Å²) in [6.07, 6.45) is 6.23. The summed E-state index contributed by atoms with van der Waals surface area (Å²) < 4.78 is 13.0. The first-order valence-corrected chi connectivity index (χ1v) is 7.12. The van der Waals surface area contributed by atoms with Crippen LogP contribution in [0.4, 0.5) is 4.39 Å². The summed E-state index contributed by atoms with van der Waals surface area (Å²) >= 11 is 0. The average molecular weight is 249 g/mol. The Kier molecular flexibility index (Phi) is 4.39. The molecular formula is C16H24FN. The smallest absolute Gasteiger partial charge is 0.123 e. The minimum Gasteiger partial charge on any atom is -0.309 e. The van der Waals surface area contributed by atoms with E-state index in [9.17, 15) is 4.39 Å². The van der Waals surface area contributed by atoms with Crippen LogP contribution in [0.15, 0.2) is 24.3 Å². The second-order valence-corrected chi connectivity index (χ2v) is 5.94. The molecule has 1 N–H and O–H groups in total. The molecule has 0 aliphatic heterocycles. The van der Waals surface area contributed by atoms with Crippen LogP contribution in [0, 0.1) is 11.2 Å². The highest BCUT2D eigenvalue weighted by Gasteiger charge is 2.37. The molecule has 0 saturated heterocycles. The number of nitrogens with one attached hydrogen (secondary N) is 1. The van der Waals surface area contributed by atoms with Crippen molar-refractivity contribution in [3.05, 3.63) is 35.6 Å². The van der Waals surface area contributed by atoms with Crippen molar-refractivity contribution >= 4 is 0 Å². The monoisotopic (exact) mass is 249 g/mol. The molecule has 1 nitrogen and oxygen atoms in total. The molecule has 1 fully saturated rings. The van der Waals surface area contributed by atoms with Crippen molar-refractivity contribution in [2.75, 3.05) is 6.54 Å². The third-order valence-electron chi connectivity index (χ3n) is 4.00. The van der Waals surface area contributed by atoms with Gasteiger partial charge >= 0.3 is 0 Å². The van der Waals surface area contributed by atoms with Gasteiger partial charge in [0, 0.05) is 12.6 Å². The van der Waals surface area contributed by atoms with Crippen LogP contribution in [-0.4, -0.2) is 6.54 Å². The van der Waals surface area contributed by atoms with Gasteiger partial charge < -0.3 is 5.32 Å². The first kappa shape index (κ1) is 13.5. The molecule has 1 saturated carbocycles. The van der Waals surface area contributed by atoms with E-state index in [0.29, 0.717) is 11.5 Å². The number of halogens is 1. The zero-order valence-electron chi connectivity index (χ0n) is 11.5. The van der Waals surface area contributed by atoms with Gasteiger partial charge in [0.2, 0.25) is 0 Å². The predicted octanol–water partition coefficient (Wildman–Crippen LogP) is 4.45. The van der Waals surface area contributed by atoms with Crippen molar-refractivity contribution in [2.24, 2.45) is 5.41 Å². The Bertz CT molecular complexity index is 367. The summed E-state index contributed by atoms with van der Waals surface area (Å²) in [5.74, 6) is -0.151. The molecule has 1 unspecified atom stereocenters. The van der Waals surface area contributed by atoms with Crippen LogP contribution in [0.1, 0.15) is 57.6 Å². The number of benzene rings is 1. The molecule has 1 aromatic carbocycles. The van der Waals surface area contributed by atoms with Crippen LogP contribution in [-0.2, 0) is 0 Å². The van der Waals surface area contributed by atoms with Crippen molar-refractivity contribution in [3.63, 3.8) is 0 Å². The van der Waals surface area contributed by atoms with Crippen LogP contribution in [0.5, 0.6) is 0 Å². The average Bonchev–Trinajstić information content (AvgIpc) is 3.09. The maximum absolute atomic E-state index is 13.0. The van der Waals surface area contributed by atoms with E-state index in [1.165, 1.54) is 31.2 Å². The molecule has 0 radical (unpaired) electrons. The molecule has 0 amide bonds. The van der Waals surface area contributed by atoms with E-state index in [1.807, 2.05) is 12.1 Å².